The summed E-state index contributed by atoms with van der Waals surface area (Å²) in [5, 5.41) is 1.31. The lowest BCUT2D eigenvalue weighted by atomic mass is 10.2. The highest BCUT2D eigenvalue weighted by atomic mass is 35.5. The minimum Gasteiger partial charge on any atom is -0.130 e. The van der Waals surface area contributed by atoms with E-state index in [1.165, 1.54) is 5.19 Å². The lowest BCUT2D eigenvalue weighted by molar-refractivity contribution is 1.70. The molecule has 11 heavy (non-hydrogen) atoms. The second kappa shape index (κ2) is 4.37. The first-order chi connectivity index (χ1) is 5.36. The molecule has 2 heteroatoms. The van der Waals surface area contributed by atoms with E-state index in [2.05, 4.69) is 30.8 Å². The van der Waals surface area contributed by atoms with E-state index in [0.717, 1.165) is 5.56 Å². The SMILES string of the molecule is C=Cc1ccc([Si]CCl)cc1. The molecule has 0 nitrogen and oxygen atoms in total. The van der Waals surface area contributed by atoms with Crippen LogP contribution in [0.15, 0.2) is 30.8 Å². The van der Waals surface area contributed by atoms with Gasteiger partial charge in [0.05, 0.1) is 9.52 Å². The first-order valence-corrected chi connectivity index (χ1v) is 5.13. The van der Waals surface area contributed by atoms with Gasteiger partial charge in [-0.05, 0) is 5.56 Å². The Morgan fingerprint density at radius 2 is 2.00 bits per heavy atom. The Labute approximate surface area is 74.7 Å². The molecule has 0 heterocycles. The Morgan fingerprint density at radius 3 is 2.45 bits per heavy atom. The van der Waals surface area contributed by atoms with E-state index in [0.29, 0.717) is 15.0 Å². The molecule has 0 bridgehead atoms. The van der Waals surface area contributed by atoms with Crippen LogP contribution in [0.4, 0.5) is 0 Å². The second-order valence-electron chi connectivity index (χ2n) is 2.14. The van der Waals surface area contributed by atoms with Crippen LogP contribution in [0.25, 0.3) is 6.08 Å². The maximum absolute atomic E-state index is 5.60. The lowest BCUT2D eigenvalue weighted by Gasteiger charge is -1.96. The van der Waals surface area contributed by atoms with Crippen molar-refractivity contribution in [1.82, 2.24) is 0 Å². The van der Waals surface area contributed by atoms with Crippen molar-refractivity contribution in [3.63, 3.8) is 0 Å². The van der Waals surface area contributed by atoms with Crippen LogP contribution in [0.2, 0.25) is 0 Å². The Hall–Kier alpha value is -0.533. The highest BCUT2D eigenvalue weighted by molar-refractivity contribution is 6.62. The van der Waals surface area contributed by atoms with Crippen LogP contribution in [-0.4, -0.2) is 15.0 Å². The van der Waals surface area contributed by atoms with Crippen molar-refractivity contribution >= 4 is 32.4 Å². The van der Waals surface area contributed by atoms with E-state index < -0.39 is 0 Å². The molecular weight excluding hydrogens is 172 g/mol. The quantitative estimate of drug-likeness (QED) is 0.492. The van der Waals surface area contributed by atoms with Crippen molar-refractivity contribution in [1.29, 1.82) is 0 Å². The fourth-order valence-electron chi connectivity index (χ4n) is 0.814. The highest BCUT2D eigenvalue weighted by Crippen LogP contribution is 1.97. The number of alkyl halides is 1. The molecule has 1 aromatic carbocycles. The van der Waals surface area contributed by atoms with Crippen LogP contribution >= 0.6 is 11.6 Å². The average Bonchev–Trinajstić information content (AvgIpc) is 2.07. The Kier molecular flexibility index (Phi) is 3.40. The summed E-state index contributed by atoms with van der Waals surface area (Å²) in [6.07, 6.45) is 1.84. The molecule has 1 rings (SSSR count). The number of hydrogen-bond acceptors (Lipinski definition) is 0. The fraction of sp³-hybridized carbons (Fsp3) is 0.111. The molecule has 0 amide bonds. The third-order valence-corrected chi connectivity index (χ3v) is 2.69. The summed E-state index contributed by atoms with van der Waals surface area (Å²) in [5.74, 6) is 0. The van der Waals surface area contributed by atoms with Gasteiger partial charge in [-0.2, -0.15) is 0 Å². The van der Waals surface area contributed by atoms with Crippen molar-refractivity contribution < 1.29 is 0 Å². The Morgan fingerprint density at radius 1 is 1.36 bits per heavy atom. The monoisotopic (exact) mass is 180 g/mol. The zero-order valence-electron chi connectivity index (χ0n) is 6.18. The standard InChI is InChI=1S/C9H9ClSi/c1-2-8-3-5-9(6-4-8)11-7-10/h2-6H,1,7H2. The molecule has 56 valence electrons. The van der Waals surface area contributed by atoms with Gasteiger partial charge in [0.1, 0.15) is 0 Å². The van der Waals surface area contributed by atoms with E-state index in [1.807, 2.05) is 6.08 Å². The summed E-state index contributed by atoms with van der Waals surface area (Å²) in [4.78, 5) is 0. The number of hydrogen-bond donors (Lipinski definition) is 0. The molecule has 0 atom stereocenters. The molecular formula is C9H9ClSi. The predicted octanol–water partition coefficient (Wildman–Crippen LogP) is 1.86. The largest absolute Gasteiger partial charge is 0.130 e. The maximum Gasteiger partial charge on any atom is 0.0988 e. The van der Waals surface area contributed by atoms with Gasteiger partial charge >= 0.3 is 0 Å². The molecule has 0 saturated carbocycles. The van der Waals surface area contributed by atoms with Crippen molar-refractivity contribution in [2.45, 2.75) is 0 Å². The summed E-state index contributed by atoms with van der Waals surface area (Å²) >= 11 is 5.60. The number of rotatable bonds is 3. The molecule has 0 spiro atoms. The first-order valence-electron chi connectivity index (χ1n) is 3.39. The average molecular weight is 181 g/mol. The van der Waals surface area contributed by atoms with Crippen LogP contribution in [0.1, 0.15) is 5.56 Å². The fourth-order valence-corrected chi connectivity index (χ4v) is 1.83. The van der Waals surface area contributed by atoms with Crippen LogP contribution in [0.3, 0.4) is 0 Å². The van der Waals surface area contributed by atoms with Crippen LogP contribution in [0.5, 0.6) is 0 Å². The number of halogens is 1. The molecule has 0 saturated heterocycles. The molecule has 0 aliphatic carbocycles. The van der Waals surface area contributed by atoms with Crippen LogP contribution < -0.4 is 5.19 Å². The maximum atomic E-state index is 5.60. The zero-order valence-corrected chi connectivity index (χ0v) is 7.93. The summed E-state index contributed by atoms with van der Waals surface area (Å²) < 4.78 is 0. The molecule has 1 aromatic rings. The molecule has 0 aliphatic heterocycles. The van der Waals surface area contributed by atoms with Gasteiger partial charge in [-0.1, -0.05) is 42.1 Å². The van der Waals surface area contributed by atoms with Gasteiger partial charge in [-0.15, -0.1) is 11.6 Å². The zero-order chi connectivity index (χ0) is 8.10. The molecule has 0 aliphatic rings. The Balaban J connectivity index is 2.74. The smallest absolute Gasteiger partial charge is 0.0988 e. The van der Waals surface area contributed by atoms with Crippen molar-refractivity contribution in [2.24, 2.45) is 0 Å². The van der Waals surface area contributed by atoms with Crippen molar-refractivity contribution in [3.05, 3.63) is 36.4 Å². The second-order valence-corrected chi connectivity index (χ2v) is 4.14. The van der Waals surface area contributed by atoms with E-state index in [4.69, 9.17) is 11.6 Å². The van der Waals surface area contributed by atoms with Gasteiger partial charge in [0, 0.05) is 5.50 Å². The highest BCUT2D eigenvalue weighted by Gasteiger charge is 1.91. The van der Waals surface area contributed by atoms with Gasteiger partial charge in [0.2, 0.25) is 0 Å². The van der Waals surface area contributed by atoms with Gasteiger partial charge in [-0.3, -0.25) is 0 Å². The molecule has 0 unspecified atom stereocenters. The van der Waals surface area contributed by atoms with Gasteiger partial charge < -0.3 is 0 Å². The minimum atomic E-state index is 0.716. The summed E-state index contributed by atoms with van der Waals surface area (Å²) in [6, 6.07) is 8.30. The summed E-state index contributed by atoms with van der Waals surface area (Å²) in [6.45, 7) is 3.68. The van der Waals surface area contributed by atoms with Gasteiger partial charge in [0.25, 0.3) is 0 Å². The number of benzene rings is 1. The molecule has 0 fully saturated rings. The van der Waals surface area contributed by atoms with Crippen molar-refractivity contribution in [2.75, 3.05) is 5.50 Å². The van der Waals surface area contributed by atoms with Gasteiger partial charge in [0.15, 0.2) is 0 Å². The topological polar surface area (TPSA) is 0 Å². The third kappa shape index (κ3) is 2.52. The van der Waals surface area contributed by atoms with Gasteiger partial charge in [-0.25, -0.2) is 0 Å². The normalized spacial score (nSPS) is 9.55. The van der Waals surface area contributed by atoms with E-state index >= 15 is 0 Å². The first kappa shape index (κ1) is 8.56. The minimum absolute atomic E-state index is 0.716. The van der Waals surface area contributed by atoms with Crippen LogP contribution in [-0.2, 0) is 0 Å². The Bertz CT molecular complexity index is 228. The summed E-state index contributed by atoms with van der Waals surface area (Å²) in [5.41, 5.74) is 1.88. The van der Waals surface area contributed by atoms with E-state index in [1.54, 1.807) is 0 Å². The van der Waals surface area contributed by atoms with E-state index in [9.17, 15) is 0 Å². The predicted molar refractivity (Wildman–Crippen MR) is 52.6 cm³/mol. The summed E-state index contributed by atoms with van der Waals surface area (Å²) in [7, 11) is 0.716. The third-order valence-electron chi connectivity index (χ3n) is 1.42. The van der Waals surface area contributed by atoms with Crippen LogP contribution in [0, 0.1) is 0 Å². The van der Waals surface area contributed by atoms with E-state index in [-0.39, 0.29) is 0 Å². The molecule has 0 N–H and O–H groups in total. The van der Waals surface area contributed by atoms with Crippen molar-refractivity contribution in [3.8, 4) is 0 Å². The molecule has 2 radical (unpaired) electrons. The lowest BCUT2D eigenvalue weighted by Crippen LogP contribution is -2.14. The molecule has 0 aromatic heterocycles.